The predicted molar refractivity (Wildman–Crippen MR) is 83.8 cm³/mol. The first-order valence-corrected chi connectivity index (χ1v) is 7.63. The number of benzene rings is 2. The van der Waals surface area contributed by atoms with Gasteiger partial charge in [0.15, 0.2) is 0 Å². The van der Waals surface area contributed by atoms with Gasteiger partial charge >= 0.3 is 0 Å². The number of nitrogens with zero attached hydrogens (tertiary/aromatic N) is 1. The Hall–Kier alpha value is -1.61. The van der Waals surface area contributed by atoms with E-state index in [9.17, 15) is 4.79 Å². The van der Waals surface area contributed by atoms with Gasteiger partial charge < -0.3 is 4.90 Å². The fraction of sp³-hybridized carbons (Fsp3) is 0.235. The molecule has 3 heteroatoms. The Labute approximate surface area is 127 Å². The lowest BCUT2D eigenvalue weighted by molar-refractivity contribution is 0.0790. The highest BCUT2D eigenvalue weighted by atomic mass is 79.9. The van der Waals surface area contributed by atoms with Gasteiger partial charge in [-0.15, -0.1) is 0 Å². The molecule has 0 bridgehead atoms. The smallest absolute Gasteiger partial charge is 0.253 e. The number of halogens is 1. The van der Waals surface area contributed by atoms with Crippen molar-refractivity contribution in [2.45, 2.75) is 12.3 Å². The molecule has 0 aromatic heterocycles. The summed E-state index contributed by atoms with van der Waals surface area (Å²) >= 11 is 3.42. The van der Waals surface area contributed by atoms with Crippen molar-refractivity contribution in [3.05, 3.63) is 70.2 Å². The van der Waals surface area contributed by atoms with E-state index in [4.69, 9.17) is 0 Å². The van der Waals surface area contributed by atoms with Crippen LogP contribution < -0.4 is 0 Å². The lowest BCUT2D eigenvalue weighted by Gasteiger charge is -2.17. The summed E-state index contributed by atoms with van der Waals surface area (Å²) < 4.78 is 0.946. The third-order valence-corrected chi connectivity index (χ3v) is 4.31. The molecule has 0 aliphatic carbocycles. The second kappa shape index (κ2) is 5.80. The number of hydrogen-bond acceptors (Lipinski definition) is 1. The van der Waals surface area contributed by atoms with Gasteiger partial charge in [0.1, 0.15) is 0 Å². The summed E-state index contributed by atoms with van der Waals surface area (Å²) in [6.07, 6.45) is 1.05. The Balaban J connectivity index is 1.73. The van der Waals surface area contributed by atoms with Crippen LogP contribution in [0.5, 0.6) is 0 Å². The average Bonchev–Trinajstić information content (AvgIpc) is 2.97. The van der Waals surface area contributed by atoms with Crippen molar-refractivity contribution in [2.24, 2.45) is 0 Å². The third kappa shape index (κ3) is 2.78. The second-order valence-electron chi connectivity index (χ2n) is 5.16. The normalized spacial score (nSPS) is 18.2. The molecule has 3 rings (SSSR count). The SMILES string of the molecule is O=C(c1cccc(Br)c1)N1CCC(c2ccccc2)C1. The molecule has 20 heavy (non-hydrogen) atoms. The van der Waals surface area contributed by atoms with Crippen molar-refractivity contribution in [1.82, 2.24) is 4.90 Å². The summed E-state index contributed by atoms with van der Waals surface area (Å²) in [5.74, 6) is 0.594. The van der Waals surface area contributed by atoms with E-state index >= 15 is 0 Å². The summed E-state index contributed by atoms with van der Waals surface area (Å²) in [6, 6.07) is 18.1. The number of amides is 1. The first-order chi connectivity index (χ1) is 9.74. The zero-order valence-corrected chi connectivity index (χ0v) is 12.7. The Bertz CT molecular complexity index is 611. The van der Waals surface area contributed by atoms with Crippen molar-refractivity contribution in [1.29, 1.82) is 0 Å². The highest BCUT2D eigenvalue weighted by molar-refractivity contribution is 9.10. The van der Waals surface area contributed by atoms with Crippen LogP contribution in [0.3, 0.4) is 0 Å². The molecule has 1 saturated heterocycles. The summed E-state index contributed by atoms with van der Waals surface area (Å²) in [6.45, 7) is 1.65. The fourth-order valence-electron chi connectivity index (χ4n) is 2.75. The van der Waals surface area contributed by atoms with Crippen LogP contribution in [-0.2, 0) is 0 Å². The van der Waals surface area contributed by atoms with Gasteiger partial charge in [0.25, 0.3) is 5.91 Å². The van der Waals surface area contributed by atoms with Crippen molar-refractivity contribution >= 4 is 21.8 Å². The topological polar surface area (TPSA) is 20.3 Å². The van der Waals surface area contributed by atoms with Crippen LogP contribution in [0.15, 0.2) is 59.1 Å². The minimum Gasteiger partial charge on any atom is -0.338 e. The average molecular weight is 330 g/mol. The summed E-state index contributed by atoms with van der Waals surface area (Å²) in [7, 11) is 0. The van der Waals surface area contributed by atoms with E-state index in [1.54, 1.807) is 0 Å². The fourth-order valence-corrected chi connectivity index (χ4v) is 3.15. The van der Waals surface area contributed by atoms with E-state index in [-0.39, 0.29) is 5.91 Å². The van der Waals surface area contributed by atoms with Crippen molar-refractivity contribution < 1.29 is 4.79 Å². The Kier molecular flexibility index (Phi) is 3.88. The van der Waals surface area contributed by atoms with Gasteiger partial charge in [0, 0.05) is 29.0 Å². The maximum atomic E-state index is 12.5. The molecule has 2 aromatic rings. The molecule has 1 unspecified atom stereocenters. The minimum atomic E-state index is 0.129. The highest BCUT2D eigenvalue weighted by Crippen LogP contribution is 2.28. The summed E-state index contributed by atoms with van der Waals surface area (Å²) in [5, 5.41) is 0. The Morgan fingerprint density at radius 2 is 1.90 bits per heavy atom. The standard InChI is InChI=1S/C17H16BrNO/c18-16-8-4-7-14(11-16)17(20)19-10-9-15(12-19)13-5-2-1-3-6-13/h1-8,11,15H,9-10,12H2. The van der Waals surface area contributed by atoms with Gasteiger partial charge in [-0.2, -0.15) is 0 Å². The van der Waals surface area contributed by atoms with Gasteiger partial charge in [0.05, 0.1) is 0 Å². The lowest BCUT2D eigenvalue weighted by Crippen LogP contribution is -2.28. The number of carbonyl (C=O) groups excluding carboxylic acids is 1. The van der Waals surface area contributed by atoms with E-state index in [0.717, 1.165) is 29.5 Å². The Morgan fingerprint density at radius 3 is 2.65 bits per heavy atom. The molecular weight excluding hydrogens is 314 g/mol. The number of carbonyl (C=O) groups is 1. The quantitative estimate of drug-likeness (QED) is 0.812. The largest absolute Gasteiger partial charge is 0.338 e. The minimum absolute atomic E-state index is 0.129. The van der Waals surface area contributed by atoms with E-state index in [1.165, 1.54) is 5.56 Å². The highest BCUT2D eigenvalue weighted by Gasteiger charge is 2.27. The van der Waals surface area contributed by atoms with Crippen LogP contribution in [0.2, 0.25) is 0 Å². The van der Waals surface area contributed by atoms with Gasteiger partial charge in [-0.25, -0.2) is 0 Å². The molecule has 2 nitrogen and oxygen atoms in total. The van der Waals surface area contributed by atoms with E-state index in [1.807, 2.05) is 35.2 Å². The summed E-state index contributed by atoms with van der Waals surface area (Å²) in [4.78, 5) is 14.4. The third-order valence-electron chi connectivity index (χ3n) is 3.82. The van der Waals surface area contributed by atoms with Gasteiger partial charge in [-0.05, 0) is 30.2 Å². The molecule has 0 saturated carbocycles. The molecular formula is C17H16BrNO. The molecule has 1 amide bonds. The monoisotopic (exact) mass is 329 g/mol. The molecule has 0 radical (unpaired) electrons. The lowest BCUT2D eigenvalue weighted by atomic mass is 9.99. The van der Waals surface area contributed by atoms with Crippen molar-refractivity contribution in [2.75, 3.05) is 13.1 Å². The molecule has 1 heterocycles. The van der Waals surface area contributed by atoms with Crippen molar-refractivity contribution in [3.8, 4) is 0 Å². The van der Waals surface area contributed by atoms with Gasteiger partial charge in [0.2, 0.25) is 0 Å². The zero-order chi connectivity index (χ0) is 13.9. The Morgan fingerprint density at radius 1 is 1.10 bits per heavy atom. The maximum absolute atomic E-state index is 12.5. The zero-order valence-electron chi connectivity index (χ0n) is 11.1. The second-order valence-corrected chi connectivity index (χ2v) is 6.07. The number of rotatable bonds is 2. The van der Waals surface area contributed by atoms with Crippen LogP contribution in [0.25, 0.3) is 0 Å². The van der Waals surface area contributed by atoms with Crippen LogP contribution in [0, 0.1) is 0 Å². The van der Waals surface area contributed by atoms with E-state index in [0.29, 0.717) is 5.92 Å². The maximum Gasteiger partial charge on any atom is 0.253 e. The van der Waals surface area contributed by atoms with E-state index in [2.05, 4.69) is 40.2 Å². The van der Waals surface area contributed by atoms with Crippen molar-refractivity contribution in [3.63, 3.8) is 0 Å². The van der Waals surface area contributed by atoms with Crippen LogP contribution in [-0.4, -0.2) is 23.9 Å². The molecule has 0 spiro atoms. The molecule has 1 atom stereocenters. The van der Waals surface area contributed by atoms with Gasteiger partial charge in [-0.3, -0.25) is 4.79 Å². The molecule has 102 valence electrons. The van der Waals surface area contributed by atoms with E-state index < -0.39 is 0 Å². The predicted octanol–water partition coefficient (Wildman–Crippen LogP) is 4.08. The molecule has 1 aliphatic rings. The van der Waals surface area contributed by atoms with Crippen LogP contribution >= 0.6 is 15.9 Å². The summed E-state index contributed by atoms with van der Waals surface area (Å²) in [5.41, 5.74) is 2.09. The number of likely N-dealkylation sites (tertiary alicyclic amines) is 1. The first kappa shape index (κ1) is 13.4. The molecule has 2 aromatic carbocycles. The van der Waals surface area contributed by atoms with Crippen LogP contribution in [0.4, 0.5) is 0 Å². The molecule has 0 N–H and O–H groups in total. The van der Waals surface area contributed by atoms with Gasteiger partial charge in [-0.1, -0.05) is 52.3 Å². The first-order valence-electron chi connectivity index (χ1n) is 6.84. The van der Waals surface area contributed by atoms with Crippen LogP contribution in [0.1, 0.15) is 28.3 Å². The number of hydrogen-bond donors (Lipinski definition) is 0. The molecule has 1 fully saturated rings. The molecule has 1 aliphatic heterocycles.